The highest BCUT2D eigenvalue weighted by atomic mass is 16.6. The Balaban J connectivity index is 2.53. The van der Waals surface area contributed by atoms with Crippen LogP contribution in [0.4, 0.5) is 4.79 Å². The predicted molar refractivity (Wildman–Crippen MR) is 71.1 cm³/mol. The molecule has 1 amide bonds. The number of nitrogens with zero attached hydrogens (tertiary/aromatic N) is 2. The molecule has 1 aromatic heterocycles. The van der Waals surface area contributed by atoms with Gasteiger partial charge in [-0.1, -0.05) is 0 Å². The molecule has 0 bridgehead atoms. The van der Waals surface area contributed by atoms with Crippen LogP contribution in [0.3, 0.4) is 0 Å². The number of carboxylic acids is 1. The fraction of sp³-hybridized carbons (Fsp3) is 0.538. The lowest BCUT2D eigenvalue weighted by atomic mass is 10.1. The highest BCUT2D eigenvalue weighted by Gasteiger charge is 2.23. The van der Waals surface area contributed by atoms with Gasteiger partial charge in [0.2, 0.25) is 0 Å². The summed E-state index contributed by atoms with van der Waals surface area (Å²) in [5.41, 5.74) is 0.00245. The molecule has 1 atom stereocenters. The van der Waals surface area contributed by atoms with E-state index in [1.54, 1.807) is 27.0 Å². The summed E-state index contributed by atoms with van der Waals surface area (Å²) in [6.07, 6.45) is 4.51. The molecule has 0 aliphatic rings. The standard InChI is InChI=1S/C13H19N3O4/c1-13(2,3)20-12(19)16-10(11(17)18)5-4-9-8-14-6-7-15-9/h6-8,10H,4-5H2,1-3H3,(H,16,19)(H,17,18). The highest BCUT2D eigenvalue weighted by Crippen LogP contribution is 2.08. The number of alkyl carbamates (subject to hydrolysis) is 1. The maximum absolute atomic E-state index is 11.6. The smallest absolute Gasteiger partial charge is 0.408 e. The van der Waals surface area contributed by atoms with Crippen LogP contribution in [0.1, 0.15) is 32.9 Å². The topological polar surface area (TPSA) is 101 Å². The van der Waals surface area contributed by atoms with Gasteiger partial charge in [-0.05, 0) is 33.6 Å². The molecule has 1 heterocycles. The van der Waals surface area contributed by atoms with Crippen molar-refractivity contribution in [3.05, 3.63) is 24.3 Å². The first kappa shape index (κ1) is 15.9. The zero-order valence-corrected chi connectivity index (χ0v) is 11.8. The van der Waals surface area contributed by atoms with Crippen LogP contribution in [-0.4, -0.2) is 38.8 Å². The molecule has 0 aliphatic carbocycles. The summed E-state index contributed by atoms with van der Waals surface area (Å²) in [6, 6.07) is -1.02. The maximum Gasteiger partial charge on any atom is 0.408 e. The van der Waals surface area contributed by atoms with Gasteiger partial charge in [-0.3, -0.25) is 9.97 Å². The third-order valence-electron chi connectivity index (χ3n) is 2.29. The summed E-state index contributed by atoms with van der Waals surface area (Å²) in [4.78, 5) is 30.6. The minimum atomic E-state index is -1.11. The van der Waals surface area contributed by atoms with E-state index in [1.807, 2.05) is 0 Å². The predicted octanol–water partition coefficient (Wildman–Crippen LogP) is 1.39. The summed E-state index contributed by atoms with van der Waals surface area (Å²) >= 11 is 0. The van der Waals surface area contributed by atoms with E-state index >= 15 is 0 Å². The fourth-order valence-corrected chi connectivity index (χ4v) is 1.46. The quantitative estimate of drug-likeness (QED) is 0.845. The molecule has 20 heavy (non-hydrogen) atoms. The Bertz CT molecular complexity index is 456. The van der Waals surface area contributed by atoms with E-state index in [2.05, 4.69) is 15.3 Å². The van der Waals surface area contributed by atoms with Gasteiger partial charge in [0.15, 0.2) is 0 Å². The highest BCUT2D eigenvalue weighted by molar-refractivity contribution is 5.79. The molecule has 7 nitrogen and oxygen atoms in total. The Morgan fingerprint density at radius 3 is 2.60 bits per heavy atom. The van der Waals surface area contributed by atoms with E-state index in [0.717, 1.165) is 0 Å². The van der Waals surface area contributed by atoms with E-state index in [-0.39, 0.29) is 6.42 Å². The number of nitrogens with one attached hydrogen (secondary N) is 1. The number of carbonyl (C=O) groups excluding carboxylic acids is 1. The van der Waals surface area contributed by atoms with Crippen molar-refractivity contribution in [1.29, 1.82) is 0 Å². The summed E-state index contributed by atoms with van der Waals surface area (Å²) < 4.78 is 5.03. The van der Waals surface area contributed by atoms with Crippen molar-refractivity contribution < 1.29 is 19.4 Å². The summed E-state index contributed by atoms with van der Waals surface area (Å²) in [5, 5.41) is 11.4. The van der Waals surface area contributed by atoms with Crippen LogP contribution in [0.25, 0.3) is 0 Å². The van der Waals surface area contributed by atoms with Crippen LogP contribution in [0.2, 0.25) is 0 Å². The van der Waals surface area contributed by atoms with Gasteiger partial charge in [0, 0.05) is 18.6 Å². The molecule has 110 valence electrons. The Morgan fingerprint density at radius 1 is 1.40 bits per heavy atom. The summed E-state index contributed by atoms with van der Waals surface area (Å²) in [7, 11) is 0. The summed E-state index contributed by atoms with van der Waals surface area (Å²) in [5.74, 6) is -1.11. The molecular weight excluding hydrogens is 262 g/mol. The monoisotopic (exact) mass is 281 g/mol. The van der Waals surface area contributed by atoms with Crippen molar-refractivity contribution in [2.75, 3.05) is 0 Å². The molecule has 7 heteroatoms. The van der Waals surface area contributed by atoms with Crippen molar-refractivity contribution >= 4 is 12.1 Å². The van der Waals surface area contributed by atoms with E-state index < -0.39 is 23.7 Å². The van der Waals surface area contributed by atoms with Gasteiger partial charge in [-0.15, -0.1) is 0 Å². The van der Waals surface area contributed by atoms with Crippen LogP contribution in [0, 0.1) is 0 Å². The number of ether oxygens (including phenoxy) is 1. The van der Waals surface area contributed by atoms with Gasteiger partial charge in [-0.25, -0.2) is 9.59 Å². The first-order valence-corrected chi connectivity index (χ1v) is 6.25. The van der Waals surface area contributed by atoms with Gasteiger partial charge >= 0.3 is 12.1 Å². The Kier molecular flexibility index (Phi) is 5.42. The molecule has 1 aromatic rings. The minimum Gasteiger partial charge on any atom is -0.480 e. The molecule has 0 aromatic carbocycles. The zero-order valence-electron chi connectivity index (χ0n) is 11.8. The van der Waals surface area contributed by atoms with Crippen molar-refractivity contribution in [2.45, 2.75) is 45.3 Å². The SMILES string of the molecule is CC(C)(C)OC(=O)NC(CCc1cnccn1)C(=O)O. The van der Waals surface area contributed by atoms with Crippen molar-refractivity contribution in [2.24, 2.45) is 0 Å². The second-order valence-electron chi connectivity index (χ2n) is 5.27. The molecule has 0 radical (unpaired) electrons. The van der Waals surface area contributed by atoms with Gasteiger partial charge in [0.05, 0.1) is 5.69 Å². The van der Waals surface area contributed by atoms with Crippen molar-refractivity contribution in [3.8, 4) is 0 Å². The van der Waals surface area contributed by atoms with Gasteiger partial charge in [0.1, 0.15) is 11.6 Å². The second kappa shape index (κ2) is 6.83. The fourth-order valence-electron chi connectivity index (χ4n) is 1.46. The normalized spacial score (nSPS) is 12.6. The van der Waals surface area contributed by atoms with Crippen molar-refractivity contribution in [1.82, 2.24) is 15.3 Å². The molecule has 0 fully saturated rings. The average Bonchev–Trinajstić information content (AvgIpc) is 2.33. The molecule has 0 saturated heterocycles. The van der Waals surface area contributed by atoms with E-state index in [9.17, 15) is 9.59 Å². The lowest BCUT2D eigenvalue weighted by Crippen LogP contribution is -2.43. The Labute approximate surface area is 117 Å². The number of amides is 1. The number of aryl methyl sites for hydroxylation is 1. The minimum absolute atomic E-state index is 0.216. The lowest BCUT2D eigenvalue weighted by molar-refractivity contribution is -0.139. The van der Waals surface area contributed by atoms with Gasteiger partial charge < -0.3 is 15.2 Å². The first-order valence-electron chi connectivity index (χ1n) is 6.25. The molecule has 0 aliphatic heterocycles. The number of carboxylic acid groups (broad SMARTS) is 1. The molecular formula is C13H19N3O4. The number of carbonyl (C=O) groups is 2. The summed E-state index contributed by atoms with van der Waals surface area (Å²) in [6.45, 7) is 5.13. The van der Waals surface area contributed by atoms with E-state index in [4.69, 9.17) is 9.84 Å². The van der Waals surface area contributed by atoms with E-state index in [1.165, 1.54) is 12.4 Å². The largest absolute Gasteiger partial charge is 0.480 e. The zero-order chi connectivity index (χ0) is 15.2. The molecule has 0 spiro atoms. The van der Waals surface area contributed by atoms with Gasteiger partial charge in [0.25, 0.3) is 0 Å². The average molecular weight is 281 g/mol. The number of hydrogen-bond acceptors (Lipinski definition) is 5. The first-order chi connectivity index (χ1) is 9.28. The van der Waals surface area contributed by atoms with Gasteiger partial charge in [-0.2, -0.15) is 0 Å². The molecule has 0 saturated carbocycles. The van der Waals surface area contributed by atoms with Crippen LogP contribution in [0.5, 0.6) is 0 Å². The molecule has 1 unspecified atom stereocenters. The van der Waals surface area contributed by atoms with Crippen LogP contribution < -0.4 is 5.32 Å². The van der Waals surface area contributed by atoms with E-state index in [0.29, 0.717) is 12.1 Å². The third kappa shape index (κ3) is 6.12. The number of hydrogen-bond donors (Lipinski definition) is 2. The second-order valence-corrected chi connectivity index (χ2v) is 5.27. The number of aromatic nitrogens is 2. The number of aliphatic carboxylic acids is 1. The van der Waals surface area contributed by atoms with Crippen LogP contribution in [0.15, 0.2) is 18.6 Å². The number of rotatable bonds is 5. The Morgan fingerprint density at radius 2 is 2.10 bits per heavy atom. The Hall–Kier alpha value is -2.18. The van der Waals surface area contributed by atoms with Crippen LogP contribution in [-0.2, 0) is 16.0 Å². The third-order valence-corrected chi connectivity index (χ3v) is 2.29. The lowest BCUT2D eigenvalue weighted by Gasteiger charge is -2.21. The maximum atomic E-state index is 11.6. The molecule has 1 rings (SSSR count). The van der Waals surface area contributed by atoms with Crippen molar-refractivity contribution in [3.63, 3.8) is 0 Å². The molecule has 2 N–H and O–H groups in total. The van der Waals surface area contributed by atoms with Crippen LogP contribution >= 0.6 is 0 Å².